The highest BCUT2D eigenvalue weighted by Gasteiger charge is 2.07. The smallest absolute Gasteiger partial charge is 0.0178 e. The van der Waals surface area contributed by atoms with Crippen molar-refractivity contribution in [2.75, 3.05) is 7.05 Å². The van der Waals surface area contributed by atoms with Gasteiger partial charge in [0.1, 0.15) is 0 Å². The average Bonchev–Trinajstić information content (AvgIpc) is 2.44. The van der Waals surface area contributed by atoms with E-state index in [-0.39, 0.29) is 0 Å². The Bertz CT molecular complexity index is 496. The van der Waals surface area contributed by atoms with Gasteiger partial charge >= 0.3 is 0 Å². The van der Waals surface area contributed by atoms with Gasteiger partial charge in [0.05, 0.1) is 0 Å². The van der Waals surface area contributed by atoms with Gasteiger partial charge in [-0.05, 0) is 49.6 Å². The van der Waals surface area contributed by atoms with E-state index in [0.29, 0.717) is 6.04 Å². The summed E-state index contributed by atoms with van der Waals surface area (Å²) < 4.78 is 1.16. The minimum atomic E-state index is 0.523. The van der Waals surface area contributed by atoms with E-state index >= 15 is 0 Å². The van der Waals surface area contributed by atoms with Gasteiger partial charge in [-0.25, -0.2) is 0 Å². The maximum atomic E-state index is 3.53. The average molecular weight is 318 g/mol. The minimum Gasteiger partial charge on any atom is -0.317 e. The van der Waals surface area contributed by atoms with E-state index in [1.165, 1.54) is 11.1 Å². The van der Waals surface area contributed by atoms with Crippen molar-refractivity contribution in [2.45, 2.75) is 25.3 Å². The fourth-order valence-corrected chi connectivity index (χ4v) is 2.73. The van der Waals surface area contributed by atoms with Crippen LogP contribution in [-0.4, -0.2) is 13.1 Å². The van der Waals surface area contributed by atoms with Crippen LogP contribution in [0.3, 0.4) is 0 Å². The van der Waals surface area contributed by atoms with E-state index in [0.717, 1.165) is 23.7 Å². The van der Waals surface area contributed by atoms with Gasteiger partial charge in [0.25, 0.3) is 0 Å². The van der Waals surface area contributed by atoms with Crippen molar-refractivity contribution < 1.29 is 0 Å². The molecule has 2 heteroatoms. The summed E-state index contributed by atoms with van der Waals surface area (Å²) >= 11 is 3.53. The molecule has 0 spiro atoms. The van der Waals surface area contributed by atoms with Crippen LogP contribution >= 0.6 is 15.9 Å². The van der Waals surface area contributed by atoms with E-state index < -0.39 is 0 Å². The summed E-state index contributed by atoms with van der Waals surface area (Å²) in [7, 11) is 2.05. The topological polar surface area (TPSA) is 12.0 Å². The second kappa shape index (κ2) is 7.46. The van der Waals surface area contributed by atoms with Crippen LogP contribution in [0.2, 0.25) is 0 Å². The summed E-state index contributed by atoms with van der Waals surface area (Å²) in [5.41, 5.74) is 2.79. The predicted octanol–water partition coefficient (Wildman–Crippen LogP) is 4.21. The Balaban J connectivity index is 1.90. The van der Waals surface area contributed by atoms with E-state index in [1.807, 2.05) is 7.05 Å². The molecule has 0 aliphatic carbocycles. The van der Waals surface area contributed by atoms with Crippen LogP contribution < -0.4 is 5.32 Å². The number of likely N-dealkylation sites (N-methyl/N-ethyl adjacent to an activating group) is 1. The molecule has 0 heterocycles. The van der Waals surface area contributed by atoms with Crippen LogP contribution in [0.4, 0.5) is 0 Å². The third-order valence-corrected chi connectivity index (χ3v) is 3.90. The highest BCUT2D eigenvalue weighted by atomic mass is 79.9. The van der Waals surface area contributed by atoms with Crippen LogP contribution in [0.15, 0.2) is 59.1 Å². The third-order valence-electron chi connectivity index (χ3n) is 3.40. The second-order valence-corrected chi connectivity index (χ2v) is 5.76. The van der Waals surface area contributed by atoms with E-state index in [1.54, 1.807) is 0 Å². The molecule has 0 fully saturated rings. The number of nitrogens with one attached hydrogen (secondary N) is 1. The van der Waals surface area contributed by atoms with Crippen molar-refractivity contribution in [3.8, 4) is 0 Å². The maximum absolute atomic E-state index is 3.53. The molecule has 1 N–H and O–H groups in total. The molecule has 100 valence electrons. The lowest BCUT2D eigenvalue weighted by molar-refractivity contribution is 0.520. The van der Waals surface area contributed by atoms with Gasteiger partial charge < -0.3 is 5.32 Å². The van der Waals surface area contributed by atoms with Crippen molar-refractivity contribution in [1.82, 2.24) is 5.32 Å². The molecule has 0 saturated carbocycles. The number of benzene rings is 2. The molecular formula is C17H20BrN. The third kappa shape index (κ3) is 4.81. The zero-order chi connectivity index (χ0) is 13.5. The Morgan fingerprint density at radius 3 is 2.42 bits per heavy atom. The fourth-order valence-electron chi connectivity index (χ4n) is 2.28. The van der Waals surface area contributed by atoms with Gasteiger partial charge in [-0.2, -0.15) is 0 Å². The molecule has 0 aliphatic heterocycles. The minimum absolute atomic E-state index is 0.523. The number of hydrogen-bond donors (Lipinski definition) is 1. The number of hydrogen-bond acceptors (Lipinski definition) is 1. The molecule has 0 saturated heterocycles. The monoisotopic (exact) mass is 317 g/mol. The van der Waals surface area contributed by atoms with Crippen LogP contribution in [0.25, 0.3) is 0 Å². The molecule has 2 aromatic rings. The summed E-state index contributed by atoms with van der Waals surface area (Å²) in [5, 5.41) is 3.42. The molecule has 2 aromatic carbocycles. The molecule has 0 amide bonds. The quantitative estimate of drug-likeness (QED) is 0.841. The van der Waals surface area contributed by atoms with Crippen molar-refractivity contribution in [3.63, 3.8) is 0 Å². The van der Waals surface area contributed by atoms with Gasteiger partial charge in [-0.15, -0.1) is 0 Å². The van der Waals surface area contributed by atoms with E-state index in [4.69, 9.17) is 0 Å². The Morgan fingerprint density at radius 2 is 1.74 bits per heavy atom. The van der Waals surface area contributed by atoms with Gasteiger partial charge in [-0.1, -0.05) is 58.4 Å². The second-order valence-electron chi connectivity index (χ2n) is 4.84. The van der Waals surface area contributed by atoms with E-state index in [2.05, 4.69) is 75.8 Å². The lowest BCUT2D eigenvalue weighted by atomic mass is 9.99. The summed E-state index contributed by atoms with van der Waals surface area (Å²) in [6, 6.07) is 19.8. The molecule has 1 unspecified atom stereocenters. The Kier molecular flexibility index (Phi) is 5.62. The van der Waals surface area contributed by atoms with Crippen LogP contribution in [0.1, 0.15) is 17.5 Å². The normalized spacial score (nSPS) is 12.3. The summed E-state index contributed by atoms with van der Waals surface area (Å²) in [4.78, 5) is 0. The maximum Gasteiger partial charge on any atom is 0.0178 e. The number of rotatable bonds is 6. The lowest BCUT2D eigenvalue weighted by Crippen LogP contribution is -2.28. The molecule has 1 nitrogen and oxygen atoms in total. The number of aryl methyl sites for hydroxylation is 1. The standard InChI is InChI=1S/C17H20BrN/c1-19-17(11-10-14-6-3-2-4-7-14)13-15-8-5-9-16(18)12-15/h2-9,12,17,19H,10-11,13H2,1H3. The molecule has 0 bridgehead atoms. The molecular weight excluding hydrogens is 298 g/mol. The summed E-state index contributed by atoms with van der Waals surface area (Å²) in [6.45, 7) is 0. The van der Waals surface area contributed by atoms with Crippen LogP contribution in [0.5, 0.6) is 0 Å². The van der Waals surface area contributed by atoms with Crippen molar-refractivity contribution >= 4 is 15.9 Å². The largest absolute Gasteiger partial charge is 0.317 e. The van der Waals surface area contributed by atoms with Crippen molar-refractivity contribution in [2.24, 2.45) is 0 Å². The highest BCUT2D eigenvalue weighted by Crippen LogP contribution is 2.15. The van der Waals surface area contributed by atoms with Crippen LogP contribution in [0, 0.1) is 0 Å². The first-order chi connectivity index (χ1) is 9.28. The molecule has 0 aromatic heterocycles. The lowest BCUT2D eigenvalue weighted by Gasteiger charge is -2.16. The Hall–Kier alpha value is -1.12. The molecule has 19 heavy (non-hydrogen) atoms. The first kappa shape index (κ1) is 14.3. The van der Waals surface area contributed by atoms with Gasteiger partial charge in [0.15, 0.2) is 0 Å². The SMILES string of the molecule is CNC(CCc1ccccc1)Cc1cccc(Br)c1. The summed E-state index contributed by atoms with van der Waals surface area (Å²) in [6.07, 6.45) is 3.36. The van der Waals surface area contributed by atoms with Crippen molar-refractivity contribution in [3.05, 3.63) is 70.2 Å². The zero-order valence-electron chi connectivity index (χ0n) is 11.3. The molecule has 2 rings (SSSR count). The van der Waals surface area contributed by atoms with Crippen molar-refractivity contribution in [1.29, 1.82) is 0 Å². The molecule has 1 atom stereocenters. The van der Waals surface area contributed by atoms with Gasteiger partial charge in [0, 0.05) is 10.5 Å². The first-order valence-electron chi connectivity index (χ1n) is 6.73. The zero-order valence-corrected chi connectivity index (χ0v) is 12.9. The Morgan fingerprint density at radius 1 is 1.00 bits per heavy atom. The van der Waals surface area contributed by atoms with Gasteiger partial charge in [-0.3, -0.25) is 0 Å². The summed E-state index contributed by atoms with van der Waals surface area (Å²) in [5.74, 6) is 0. The van der Waals surface area contributed by atoms with Crippen LogP contribution in [-0.2, 0) is 12.8 Å². The predicted molar refractivity (Wildman–Crippen MR) is 85.5 cm³/mol. The molecule has 0 aliphatic rings. The highest BCUT2D eigenvalue weighted by molar-refractivity contribution is 9.10. The first-order valence-corrected chi connectivity index (χ1v) is 7.53. The number of halogens is 1. The Labute approximate surface area is 124 Å². The van der Waals surface area contributed by atoms with E-state index in [9.17, 15) is 0 Å². The fraction of sp³-hybridized carbons (Fsp3) is 0.294. The molecule has 0 radical (unpaired) electrons. The van der Waals surface area contributed by atoms with Gasteiger partial charge in [0.2, 0.25) is 0 Å².